The van der Waals surface area contributed by atoms with Gasteiger partial charge in [-0.2, -0.15) is 0 Å². The molecule has 2 aromatic rings. The molecule has 20 heteroatoms. The predicted molar refractivity (Wildman–Crippen MR) is 216 cm³/mol. The third-order valence-electron chi connectivity index (χ3n) is 11.0. The van der Waals surface area contributed by atoms with Crippen molar-refractivity contribution in [2.24, 2.45) is 0 Å². The smallest absolute Gasteiger partial charge is 0.270 e. The number of hydrogen-bond acceptors (Lipinski definition) is 18. The number of carbonyl (C=O) groups is 4. The highest BCUT2D eigenvalue weighted by Gasteiger charge is 2.50. The Balaban J connectivity index is 1.10. The lowest BCUT2D eigenvalue weighted by atomic mass is 9.72. The monoisotopic (exact) mass is 874 g/mol. The van der Waals surface area contributed by atoms with E-state index >= 15 is 0 Å². The number of morpholine rings is 1. The van der Waals surface area contributed by atoms with Gasteiger partial charge in [-0.25, -0.2) is 0 Å². The number of ketones is 2. The molecule has 0 radical (unpaired) electrons. The lowest BCUT2D eigenvalue weighted by Gasteiger charge is -2.42. The van der Waals surface area contributed by atoms with Gasteiger partial charge >= 0.3 is 0 Å². The van der Waals surface area contributed by atoms with E-state index in [1.807, 2.05) is 14.0 Å². The summed E-state index contributed by atoms with van der Waals surface area (Å²) in [6, 6.07) is 4.40. The average Bonchev–Trinajstić information content (AvgIpc) is 3.26. The van der Waals surface area contributed by atoms with E-state index < -0.39 is 82.9 Å². The molecule has 6 rings (SSSR count). The summed E-state index contributed by atoms with van der Waals surface area (Å²) < 4.78 is 51.3. The summed E-state index contributed by atoms with van der Waals surface area (Å²) in [5.74, 6) is -4.51. The van der Waals surface area contributed by atoms with E-state index in [1.165, 1.54) is 25.3 Å². The summed E-state index contributed by atoms with van der Waals surface area (Å²) in [5, 5.41) is 42.0. The van der Waals surface area contributed by atoms with E-state index in [0.717, 1.165) is 6.54 Å². The summed E-state index contributed by atoms with van der Waals surface area (Å²) >= 11 is 0. The number of amides is 2. The number of phenols is 2. The van der Waals surface area contributed by atoms with Crippen molar-refractivity contribution in [3.63, 3.8) is 0 Å². The number of hydrogen-bond donors (Lipinski definition) is 7. The number of ether oxygens (including phenoxy) is 9. The molecule has 7 N–H and O–H groups in total. The Labute approximate surface area is 359 Å². The van der Waals surface area contributed by atoms with Gasteiger partial charge in [0, 0.05) is 49.0 Å². The highest BCUT2D eigenvalue weighted by molar-refractivity contribution is 6.31. The summed E-state index contributed by atoms with van der Waals surface area (Å²) in [4.78, 5) is 54.4. The fourth-order valence-corrected chi connectivity index (χ4v) is 7.85. The van der Waals surface area contributed by atoms with Gasteiger partial charge in [0.2, 0.25) is 11.7 Å². The molecule has 6 atom stereocenters. The maximum atomic E-state index is 14.1. The fraction of sp³-hybridized carbons (Fsp3) is 0.619. The second kappa shape index (κ2) is 22.3. The standard InChI is InChI=1S/C42H58N4O16/c1-24-27(61-31-23-59-14-11-44-31)7-8-32(60-24)62-29-22-42(53,41(52)46-45-30(47)9-12-55-15-17-57-19-20-58-18-16-56-13-10-43-2)21-26-34(29)40(51)36-35(38(26)49)37(48)25-5-4-6-28(54-3)33(25)39(36)50/h4-6,24,27,29,31-32,43-44,49,51,53H,7-23H2,1-3H3,(H,45,47)(H,46,52)/t24-,27-,29-,31?,32?,42-/m0/s1. The van der Waals surface area contributed by atoms with Crippen LogP contribution in [0.2, 0.25) is 0 Å². The molecule has 0 spiro atoms. The summed E-state index contributed by atoms with van der Waals surface area (Å²) in [6.45, 7) is 6.98. The van der Waals surface area contributed by atoms with Crippen LogP contribution in [0, 0.1) is 0 Å². The maximum absolute atomic E-state index is 14.1. The van der Waals surface area contributed by atoms with Crippen LogP contribution in [0.5, 0.6) is 17.2 Å². The van der Waals surface area contributed by atoms with Crippen LogP contribution in [0.3, 0.4) is 0 Å². The second-order valence-corrected chi connectivity index (χ2v) is 15.3. The molecule has 342 valence electrons. The van der Waals surface area contributed by atoms with Crippen LogP contribution >= 0.6 is 0 Å². The van der Waals surface area contributed by atoms with Crippen LogP contribution in [-0.4, -0.2) is 162 Å². The number of rotatable bonds is 21. The third-order valence-corrected chi connectivity index (χ3v) is 11.0. The van der Waals surface area contributed by atoms with Crippen LogP contribution < -0.4 is 26.2 Å². The molecule has 0 bridgehead atoms. The molecule has 2 fully saturated rings. The Morgan fingerprint density at radius 1 is 0.887 bits per heavy atom. The van der Waals surface area contributed by atoms with E-state index in [2.05, 4.69) is 21.5 Å². The Bertz CT molecular complexity index is 1890. The van der Waals surface area contributed by atoms with Crippen molar-refractivity contribution >= 4 is 23.4 Å². The van der Waals surface area contributed by atoms with Crippen LogP contribution in [-0.2, 0) is 53.9 Å². The van der Waals surface area contributed by atoms with E-state index in [4.69, 9.17) is 42.6 Å². The molecular weight excluding hydrogens is 816 g/mol. The molecule has 20 nitrogen and oxygen atoms in total. The molecule has 2 aromatic carbocycles. The van der Waals surface area contributed by atoms with Crippen molar-refractivity contribution in [3.8, 4) is 17.2 Å². The number of aromatic hydroxyl groups is 2. The van der Waals surface area contributed by atoms with Crippen molar-refractivity contribution in [1.82, 2.24) is 21.5 Å². The number of fused-ring (bicyclic) bond motifs is 3. The van der Waals surface area contributed by atoms with Crippen LogP contribution in [0.25, 0.3) is 0 Å². The predicted octanol–water partition coefficient (Wildman–Crippen LogP) is 0.296. The third kappa shape index (κ3) is 11.2. The highest BCUT2D eigenvalue weighted by Crippen LogP contribution is 2.52. The van der Waals surface area contributed by atoms with Gasteiger partial charge in [0.25, 0.3) is 5.91 Å². The van der Waals surface area contributed by atoms with Gasteiger partial charge in [0.1, 0.15) is 23.5 Å². The lowest BCUT2D eigenvalue weighted by molar-refractivity contribution is -0.258. The normalized spacial score (nSPS) is 24.5. The molecule has 2 amide bonds. The molecule has 2 aliphatic carbocycles. The first-order valence-corrected chi connectivity index (χ1v) is 20.9. The van der Waals surface area contributed by atoms with Crippen molar-refractivity contribution in [3.05, 3.63) is 51.6 Å². The molecule has 62 heavy (non-hydrogen) atoms. The van der Waals surface area contributed by atoms with Crippen LogP contribution in [0.15, 0.2) is 18.2 Å². The van der Waals surface area contributed by atoms with E-state index in [0.29, 0.717) is 65.6 Å². The number of hydrazine groups is 1. The molecule has 4 aliphatic rings. The first-order chi connectivity index (χ1) is 30.0. The number of carbonyl (C=O) groups excluding carboxylic acids is 4. The molecule has 2 aliphatic heterocycles. The van der Waals surface area contributed by atoms with Crippen molar-refractivity contribution in [2.45, 2.75) is 75.5 Å². The summed E-state index contributed by atoms with van der Waals surface area (Å²) in [7, 11) is 3.18. The molecule has 2 heterocycles. The highest BCUT2D eigenvalue weighted by atomic mass is 16.7. The minimum Gasteiger partial charge on any atom is -0.507 e. The first-order valence-electron chi connectivity index (χ1n) is 20.9. The second-order valence-electron chi connectivity index (χ2n) is 15.3. The van der Waals surface area contributed by atoms with Gasteiger partial charge in [0.05, 0.1) is 115 Å². The summed E-state index contributed by atoms with van der Waals surface area (Å²) in [5.41, 5.74) is 0.735. The zero-order valence-corrected chi connectivity index (χ0v) is 35.3. The molecule has 2 unspecified atom stereocenters. The number of aliphatic hydroxyl groups is 1. The van der Waals surface area contributed by atoms with E-state index in [1.54, 1.807) is 0 Å². The number of nitrogens with one attached hydrogen (secondary N) is 4. The molecule has 0 saturated carbocycles. The number of likely N-dealkylation sites (N-methyl/N-ethyl adjacent to an activating group) is 1. The Kier molecular flexibility index (Phi) is 17.0. The zero-order chi connectivity index (χ0) is 44.2. The topological polar surface area (TPSA) is 260 Å². The average molecular weight is 875 g/mol. The van der Waals surface area contributed by atoms with Crippen LogP contribution in [0.1, 0.15) is 81.7 Å². The van der Waals surface area contributed by atoms with Gasteiger partial charge in [-0.3, -0.25) is 35.3 Å². The zero-order valence-electron chi connectivity index (χ0n) is 35.3. The van der Waals surface area contributed by atoms with Crippen molar-refractivity contribution in [2.75, 3.05) is 93.3 Å². The molecule has 0 aromatic heterocycles. The Morgan fingerprint density at radius 3 is 2.24 bits per heavy atom. The van der Waals surface area contributed by atoms with Gasteiger partial charge in [0.15, 0.2) is 17.7 Å². The lowest BCUT2D eigenvalue weighted by Crippen LogP contribution is -2.56. The van der Waals surface area contributed by atoms with Gasteiger partial charge in [-0.1, -0.05) is 12.1 Å². The maximum Gasteiger partial charge on any atom is 0.270 e. The van der Waals surface area contributed by atoms with Crippen molar-refractivity contribution < 1.29 is 77.1 Å². The fourth-order valence-electron chi connectivity index (χ4n) is 7.85. The van der Waals surface area contributed by atoms with E-state index in [9.17, 15) is 34.5 Å². The minimum absolute atomic E-state index is 0.00967. The van der Waals surface area contributed by atoms with Crippen molar-refractivity contribution in [1.29, 1.82) is 0 Å². The number of benzene rings is 2. The SMILES string of the molecule is CNCCOCCOCCOCCOCCC(=O)NNC(=O)[C@]1(O)Cc2c(O)c3c(c(O)c2[C@@H](OC2CC[C@H](OC4COCCN4)[C@H](C)O2)C1)C(=O)c1c(OC)cccc1C3=O. The minimum atomic E-state index is -2.37. The Morgan fingerprint density at radius 2 is 1.58 bits per heavy atom. The number of phenolic OH excluding ortho intramolecular Hbond substituents is 2. The largest absolute Gasteiger partial charge is 0.507 e. The number of methoxy groups -OCH3 is 1. The first kappa shape index (κ1) is 47.2. The van der Waals surface area contributed by atoms with Crippen LogP contribution in [0.4, 0.5) is 0 Å². The molecular formula is C42H58N4O16. The van der Waals surface area contributed by atoms with Gasteiger partial charge < -0.3 is 63.3 Å². The van der Waals surface area contributed by atoms with Gasteiger partial charge in [-0.15, -0.1) is 0 Å². The molecule has 2 saturated heterocycles. The summed E-state index contributed by atoms with van der Waals surface area (Å²) in [6.07, 6.45) is -3.93. The Hall–Kier alpha value is -4.32. The van der Waals surface area contributed by atoms with Gasteiger partial charge in [-0.05, 0) is 26.5 Å². The van der Waals surface area contributed by atoms with E-state index in [-0.39, 0.29) is 66.6 Å². The quantitative estimate of drug-likeness (QED) is 0.0431.